The molecule has 0 fully saturated rings. The Hall–Kier alpha value is -3.38. The van der Waals surface area contributed by atoms with Crippen LogP contribution in [-0.2, 0) is 34.3 Å². The lowest BCUT2D eigenvalue weighted by molar-refractivity contribution is -0.113. The highest BCUT2D eigenvalue weighted by molar-refractivity contribution is 7.99. The average molecular weight is 519 g/mol. The van der Waals surface area contributed by atoms with Crippen LogP contribution in [0.4, 0.5) is 5.00 Å². The maximum atomic E-state index is 12.6. The van der Waals surface area contributed by atoms with Gasteiger partial charge in [0.1, 0.15) is 22.2 Å². The Morgan fingerprint density at radius 1 is 1.09 bits per heavy atom. The number of nitrogens with one attached hydrogen (secondary N) is 1. The summed E-state index contributed by atoms with van der Waals surface area (Å²) in [6.45, 7) is 3.92. The van der Waals surface area contributed by atoms with Gasteiger partial charge in [-0.1, -0.05) is 30.8 Å². The van der Waals surface area contributed by atoms with Crippen molar-refractivity contribution in [2.45, 2.75) is 32.0 Å². The molecular formula is C23H26N4O6S2. The molecule has 1 N–H and O–H groups in total. The topological polar surface area (TPSA) is 122 Å². The molecule has 3 aromatic rings. The number of nitrogens with zero attached hydrogens (tertiary/aromatic N) is 3. The number of anilines is 1. The van der Waals surface area contributed by atoms with Gasteiger partial charge in [-0.25, -0.2) is 9.59 Å². The molecule has 0 aliphatic heterocycles. The highest BCUT2D eigenvalue weighted by atomic mass is 32.2. The van der Waals surface area contributed by atoms with E-state index >= 15 is 0 Å². The Morgan fingerprint density at radius 3 is 2.40 bits per heavy atom. The molecule has 2 heterocycles. The molecule has 0 saturated carbocycles. The summed E-state index contributed by atoms with van der Waals surface area (Å²) in [6.07, 6.45) is 0.959. The summed E-state index contributed by atoms with van der Waals surface area (Å²) < 4.78 is 17.1. The van der Waals surface area contributed by atoms with E-state index in [4.69, 9.17) is 14.2 Å². The summed E-state index contributed by atoms with van der Waals surface area (Å²) in [4.78, 5) is 37.1. The third-order valence-electron chi connectivity index (χ3n) is 5.12. The summed E-state index contributed by atoms with van der Waals surface area (Å²) in [6, 6.07) is 7.85. The standard InChI is InChI=1S/C23H26N4O6S2/c1-6-14-7-9-15(10-8-14)33-11-16-25-26-23(27(16)3)34-12-17(28)24-20-18(21(29)31-4)13(2)19(35-20)22(30)32-5/h7-10H,6,11-12H2,1-5H3,(H,24,28). The Balaban J connectivity index is 1.62. The first-order valence-electron chi connectivity index (χ1n) is 10.6. The minimum Gasteiger partial charge on any atom is -0.486 e. The van der Waals surface area contributed by atoms with Crippen molar-refractivity contribution in [3.8, 4) is 5.75 Å². The number of hydrogen-bond donors (Lipinski definition) is 1. The fraction of sp³-hybridized carbons (Fsp3) is 0.348. The van der Waals surface area contributed by atoms with Crippen molar-refractivity contribution in [1.82, 2.24) is 14.8 Å². The van der Waals surface area contributed by atoms with E-state index in [2.05, 4.69) is 22.4 Å². The lowest BCUT2D eigenvalue weighted by Crippen LogP contribution is -2.16. The third kappa shape index (κ3) is 6.20. The van der Waals surface area contributed by atoms with Crippen LogP contribution in [0.25, 0.3) is 0 Å². The van der Waals surface area contributed by atoms with E-state index < -0.39 is 11.9 Å². The quantitative estimate of drug-likeness (QED) is 0.317. The molecule has 0 bridgehead atoms. The van der Waals surface area contributed by atoms with Crippen LogP contribution >= 0.6 is 23.1 Å². The first kappa shape index (κ1) is 26.2. The van der Waals surface area contributed by atoms with Crippen LogP contribution in [0.1, 0.15) is 43.9 Å². The van der Waals surface area contributed by atoms with E-state index in [1.807, 2.05) is 24.3 Å². The molecule has 3 rings (SSSR count). The maximum absolute atomic E-state index is 12.6. The van der Waals surface area contributed by atoms with Gasteiger partial charge in [-0.05, 0) is 36.6 Å². The van der Waals surface area contributed by atoms with Crippen LogP contribution in [0.3, 0.4) is 0 Å². The molecule has 10 nitrogen and oxygen atoms in total. The van der Waals surface area contributed by atoms with E-state index in [9.17, 15) is 14.4 Å². The van der Waals surface area contributed by atoms with Gasteiger partial charge in [0.05, 0.1) is 25.5 Å². The van der Waals surface area contributed by atoms with Crippen LogP contribution < -0.4 is 10.1 Å². The summed E-state index contributed by atoms with van der Waals surface area (Å²) in [7, 11) is 4.27. The molecule has 0 unspecified atom stereocenters. The molecular weight excluding hydrogens is 492 g/mol. The smallest absolute Gasteiger partial charge is 0.348 e. The molecule has 0 radical (unpaired) electrons. The van der Waals surface area contributed by atoms with Crippen LogP contribution in [0, 0.1) is 6.92 Å². The molecule has 0 aliphatic rings. The van der Waals surface area contributed by atoms with Crippen molar-refractivity contribution in [2.75, 3.05) is 25.3 Å². The number of thiophene rings is 1. The van der Waals surface area contributed by atoms with Gasteiger partial charge in [0.2, 0.25) is 5.91 Å². The van der Waals surface area contributed by atoms with Crippen LogP contribution in [0.2, 0.25) is 0 Å². The van der Waals surface area contributed by atoms with Crippen LogP contribution in [0.5, 0.6) is 5.75 Å². The number of amides is 1. The number of ether oxygens (including phenoxy) is 3. The van der Waals surface area contributed by atoms with E-state index in [1.54, 1.807) is 18.5 Å². The number of carbonyl (C=O) groups is 3. The van der Waals surface area contributed by atoms with Crippen molar-refractivity contribution in [3.63, 3.8) is 0 Å². The fourth-order valence-electron chi connectivity index (χ4n) is 3.10. The summed E-state index contributed by atoms with van der Waals surface area (Å²) in [5, 5.41) is 11.7. The van der Waals surface area contributed by atoms with Gasteiger partial charge < -0.3 is 24.1 Å². The number of esters is 2. The van der Waals surface area contributed by atoms with Crippen molar-refractivity contribution in [1.29, 1.82) is 0 Å². The number of aryl methyl sites for hydroxylation is 1. The van der Waals surface area contributed by atoms with E-state index in [-0.39, 0.29) is 33.7 Å². The van der Waals surface area contributed by atoms with Gasteiger partial charge in [0, 0.05) is 7.05 Å². The second-order valence-electron chi connectivity index (χ2n) is 7.32. The zero-order valence-electron chi connectivity index (χ0n) is 20.0. The molecule has 1 amide bonds. The Labute approximate surface area is 211 Å². The van der Waals surface area contributed by atoms with E-state index in [1.165, 1.54) is 31.5 Å². The molecule has 35 heavy (non-hydrogen) atoms. The first-order valence-corrected chi connectivity index (χ1v) is 12.4. The number of carbonyl (C=O) groups excluding carboxylic acids is 3. The highest BCUT2D eigenvalue weighted by Crippen LogP contribution is 2.34. The first-order chi connectivity index (χ1) is 16.8. The number of rotatable bonds is 10. The number of aromatic nitrogens is 3. The Kier molecular flexibility index (Phi) is 8.88. The average Bonchev–Trinajstić information content (AvgIpc) is 3.39. The number of thioether (sulfide) groups is 1. The normalized spacial score (nSPS) is 10.7. The maximum Gasteiger partial charge on any atom is 0.348 e. The molecule has 0 saturated heterocycles. The van der Waals surface area contributed by atoms with E-state index in [0.717, 1.165) is 23.5 Å². The van der Waals surface area contributed by atoms with Crippen molar-refractivity contribution in [2.24, 2.45) is 7.05 Å². The zero-order chi connectivity index (χ0) is 25.5. The molecule has 0 spiro atoms. The van der Waals surface area contributed by atoms with E-state index in [0.29, 0.717) is 16.5 Å². The SMILES string of the molecule is CCc1ccc(OCc2nnc(SCC(=O)Nc3sc(C(=O)OC)c(C)c3C(=O)OC)n2C)cc1. The molecule has 1 aromatic carbocycles. The monoisotopic (exact) mass is 518 g/mol. The predicted octanol–water partition coefficient (Wildman–Crippen LogP) is 3.63. The predicted molar refractivity (Wildman–Crippen MR) is 132 cm³/mol. The lowest BCUT2D eigenvalue weighted by Gasteiger charge is -2.08. The number of hydrogen-bond acceptors (Lipinski definition) is 10. The van der Waals surface area contributed by atoms with Gasteiger partial charge in [-0.15, -0.1) is 21.5 Å². The number of methoxy groups -OCH3 is 2. The molecule has 2 aromatic heterocycles. The van der Waals surface area contributed by atoms with Gasteiger partial charge in [-0.3, -0.25) is 4.79 Å². The second kappa shape index (κ2) is 11.8. The van der Waals surface area contributed by atoms with Gasteiger partial charge in [0.15, 0.2) is 11.0 Å². The van der Waals surface area contributed by atoms with Crippen LogP contribution in [0.15, 0.2) is 29.4 Å². The highest BCUT2D eigenvalue weighted by Gasteiger charge is 2.27. The second-order valence-corrected chi connectivity index (χ2v) is 9.29. The van der Waals surface area contributed by atoms with Gasteiger partial charge in [-0.2, -0.15) is 0 Å². The third-order valence-corrected chi connectivity index (χ3v) is 7.32. The summed E-state index contributed by atoms with van der Waals surface area (Å²) in [5.41, 5.74) is 1.74. The largest absolute Gasteiger partial charge is 0.486 e. The van der Waals surface area contributed by atoms with Gasteiger partial charge >= 0.3 is 11.9 Å². The minimum absolute atomic E-state index is 0.0103. The van der Waals surface area contributed by atoms with Crippen molar-refractivity contribution < 1.29 is 28.6 Å². The summed E-state index contributed by atoms with van der Waals surface area (Å²) >= 11 is 2.14. The zero-order valence-corrected chi connectivity index (χ0v) is 21.7. The molecule has 0 aliphatic carbocycles. The lowest BCUT2D eigenvalue weighted by atomic mass is 10.1. The molecule has 12 heteroatoms. The molecule has 186 valence electrons. The van der Waals surface area contributed by atoms with Crippen molar-refractivity contribution >= 4 is 45.9 Å². The molecule has 0 atom stereocenters. The Bertz CT molecular complexity index is 1220. The van der Waals surface area contributed by atoms with Crippen molar-refractivity contribution in [3.05, 3.63) is 51.7 Å². The fourth-order valence-corrected chi connectivity index (χ4v) is 4.95. The van der Waals surface area contributed by atoms with Crippen LogP contribution in [-0.4, -0.2) is 52.6 Å². The number of benzene rings is 1. The summed E-state index contributed by atoms with van der Waals surface area (Å²) in [5.74, 6) is -0.276. The Morgan fingerprint density at radius 2 is 1.77 bits per heavy atom. The minimum atomic E-state index is -0.654. The van der Waals surface area contributed by atoms with Gasteiger partial charge in [0.25, 0.3) is 0 Å².